The van der Waals surface area contributed by atoms with Gasteiger partial charge in [0.25, 0.3) is 11.5 Å². The lowest BCUT2D eigenvalue weighted by Gasteiger charge is -2.18. The number of hydrogen-bond acceptors (Lipinski definition) is 5. The fourth-order valence-electron chi connectivity index (χ4n) is 3.36. The molecular weight excluding hydrogens is 394 g/mol. The van der Waals surface area contributed by atoms with Crippen molar-refractivity contribution in [1.29, 1.82) is 0 Å². The van der Waals surface area contributed by atoms with Crippen molar-refractivity contribution in [3.8, 4) is 0 Å². The standard InChI is InChI=1S/C24H27N3O4/c1-5-15(3)17-11-9-10-14-20(17)25-22(28)16(4)31-24(30)21-18-12-7-8-13-19(18)23(29)27(6-2)26-21/h7-16H,5-6H2,1-4H3,(H,25,28)/t15-,16-/m0/s1. The Balaban J connectivity index is 1.83. The summed E-state index contributed by atoms with van der Waals surface area (Å²) in [6.45, 7) is 7.77. The summed E-state index contributed by atoms with van der Waals surface area (Å²) in [6.07, 6.45) is -0.108. The number of rotatable bonds is 7. The van der Waals surface area contributed by atoms with Crippen molar-refractivity contribution in [1.82, 2.24) is 9.78 Å². The smallest absolute Gasteiger partial charge is 0.360 e. The number of para-hydroxylation sites is 1. The molecule has 0 unspecified atom stereocenters. The van der Waals surface area contributed by atoms with Gasteiger partial charge < -0.3 is 10.1 Å². The van der Waals surface area contributed by atoms with E-state index in [0.29, 0.717) is 23.0 Å². The van der Waals surface area contributed by atoms with Crippen molar-refractivity contribution in [3.63, 3.8) is 0 Å². The third kappa shape index (κ3) is 4.66. The molecule has 31 heavy (non-hydrogen) atoms. The van der Waals surface area contributed by atoms with Gasteiger partial charge in [-0.3, -0.25) is 9.59 Å². The number of aryl methyl sites for hydroxylation is 1. The average Bonchev–Trinajstić information content (AvgIpc) is 2.79. The normalized spacial score (nSPS) is 12.9. The highest BCUT2D eigenvalue weighted by molar-refractivity contribution is 6.03. The van der Waals surface area contributed by atoms with Gasteiger partial charge in [-0.25, -0.2) is 9.48 Å². The Kier molecular flexibility index (Phi) is 6.84. The lowest BCUT2D eigenvalue weighted by atomic mass is 9.97. The minimum Gasteiger partial charge on any atom is -0.448 e. The summed E-state index contributed by atoms with van der Waals surface area (Å²) in [5, 5.41) is 7.80. The van der Waals surface area contributed by atoms with Gasteiger partial charge in [0.05, 0.1) is 5.39 Å². The summed E-state index contributed by atoms with van der Waals surface area (Å²) in [7, 11) is 0. The molecule has 0 aliphatic carbocycles. The van der Waals surface area contributed by atoms with Crippen molar-refractivity contribution in [2.24, 2.45) is 0 Å². The minimum absolute atomic E-state index is 0.0108. The molecule has 1 aromatic heterocycles. The lowest BCUT2D eigenvalue weighted by Crippen LogP contribution is -2.32. The Morgan fingerprint density at radius 2 is 1.68 bits per heavy atom. The van der Waals surface area contributed by atoms with E-state index in [0.717, 1.165) is 12.0 Å². The Hall–Kier alpha value is -3.48. The molecule has 7 heteroatoms. The van der Waals surface area contributed by atoms with Crippen molar-refractivity contribution in [2.75, 3.05) is 5.32 Å². The zero-order valence-electron chi connectivity index (χ0n) is 18.2. The molecule has 3 rings (SSSR count). The highest BCUT2D eigenvalue weighted by Crippen LogP contribution is 2.26. The van der Waals surface area contributed by atoms with E-state index in [2.05, 4.69) is 24.3 Å². The van der Waals surface area contributed by atoms with E-state index in [1.807, 2.05) is 24.3 Å². The summed E-state index contributed by atoms with van der Waals surface area (Å²) < 4.78 is 6.63. The number of fused-ring (bicyclic) bond motifs is 1. The SMILES string of the molecule is CC[C@H](C)c1ccccc1NC(=O)[C@H](C)OC(=O)c1nn(CC)c(=O)c2ccccc12. The van der Waals surface area contributed by atoms with Crippen LogP contribution in [0.1, 0.15) is 56.1 Å². The molecule has 0 aliphatic rings. The quantitative estimate of drug-likeness (QED) is 0.580. The van der Waals surface area contributed by atoms with E-state index in [9.17, 15) is 14.4 Å². The third-order valence-corrected chi connectivity index (χ3v) is 5.38. The number of anilines is 1. The van der Waals surface area contributed by atoms with Crippen LogP contribution in [0.15, 0.2) is 53.3 Å². The second-order valence-electron chi connectivity index (χ2n) is 7.45. The summed E-state index contributed by atoms with van der Waals surface area (Å²) >= 11 is 0. The van der Waals surface area contributed by atoms with E-state index >= 15 is 0 Å². The molecule has 2 atom stereocenters. The van der Waals surface area contributed by atoms with Gasteiger partial charge in [-0.05, 0) is 43.9 Å². The summed E-state index contributed by atoms with van der Waals surface area (Å²) in [5.74, 6) is -0.909. The minimum atomic E-state index is -1.04. The predicted molar refractivity (Wildman–Crippen MR) is 120 cm³/mol. The maximum Gasteiger partial charge on any atom is 0.360 e. The van der Waals surface area contributed by atoms with E-state index in [-0.39, 0.29) is 17.2 Å². The topological polar surface area (TPSA) is 90.3 Å². The van der Waals surface area contributed by atoms with Crippen LogP contribution in [-0.4, -0.2) is 27.8 Å². The molecule has 1 heterocycles. The highest BCUT2D eigenvalue weighted by Gasteiger charge is 2.24. The number of amides is 1. The first-order valence-corrected chi connectivity index (χ1v) is 10.5. The first kappa shape index (κ1) is 22.2. The van der Waals surface area contributed by atoms with Gasteiger partial charge >= 0.3 is 5.97 Å². The molecule has 0 fully saturated rings. The molecule has 0 aliphatic heterocycles. The number of hydrogen-bond donors (Lipinski definition) is 1. The number of esters is 1. The molecule has 2 aromatic carbocycles. The molecule has 0 saturated carbocycles. The fourth-order valence-corrected chi connectivity index (χ4v) is 3.36. The van der Waals surface area contributed by atoms with Crippen molar-refractivity contribution < 1.29 is 14.3 Å². The van der Waals surface area contributed by atoms with Crippen LogP contribution in [0.4, 0.5) is 5.69 Å². The second kappa shape index (κ2) is 9.55. The van der Waals surface area contributed by atoms with E-state index < -0.39 is 18.0 Å². The van der Waals surface area contributed by atoms with E-state index in [1.165, 1.54) is 11.6 Å². The average molecular weight is 421 g/mol. The van der Waals surface area contributed by atoms with Crippen molar-refractivity contribution >= 4 is 28.3 Å². The summed E-state index contributed by atoms with van der Waals surface area (Å²) in [5.41, 5.74) is 1.46. The maximum atomic E-state index is 12.8. The van der Waals surface area contributed by atoms with Crippen LogP contribution < -0.4 is 10.9 Å². The Bertz CT molecular complexity index is 1170. The molecule has 0 saturated heterocycles. The first-order valence-electron chi connectivity index (χ1n) is 10.5. The highest BCUT2D eigenvalue weighted by atomic mass is 16.5. The second-order valence-corrected chi connectivity index (χ2v) is 7.45. The largest absolute Gasteiger partial charge is 0.448 e. The number of aromatic nitrogens is 2. The molecule has 0 spiro atoms. The number of ether oxygens (including phenoxy) is 1. The predicted octanol–water partition coefficient (Wildman–Crippen LogP) is 4.11. The molecule has 1 amide bonds. The van der Waals surface area contributed by atoms with Crippen LogP contribution in [0, 0.1) is 0 Å². The number of nitrogens with zero attached hydrogens (tertiary/aromatic N) is 2. The Labute approximate surface area is 181 Å². The third-order valence-electron chi connectivity index (χ3n) is 5.38. The number of carbonyl (C=O) groups is 2. The zero-order chi connectivity index (χ0) is 22.5. The molecule has 0 bridgehead atoms. The molecule has 162 valence electrons. The van der Waals surface area contributed by atoms with Gasteiger partial charge in [-0.15, -0.1) is 0 Å². The monoisotopic (exact) mass is 421 g/mol. The summed E-state index contributed by atoms with van der Waals surface area (Å²) in [4.78, 5) is 38.0. The molecule has 7 nitrogen and oxygen atoms in total. The van der Waals surface area contributed by atoms with Gasteiger partial charge in [0.15, 0.2) is 11.8 Å². The summed E-state index contributed by atoms with van der Waals surface area (Å²) in [6, 6.07) is 14.3. The van der Waals surface area contributed by atoms with E-state index in [1.54, 1.807) is 31.2 Å². The van der Waals surface area contributed by atoms with Crippen LogP contribution in [0.3, 0.4) is 0 Å². The molecule has 0 radical (unpaired) electrons. The van der Waals surface area contributed by atoms with Gasteiger partial charge in [-0.2, -0.15) is 5.10 Å². The first-order chi connectivity index (χ1) is 14.9. The van der Waals surface area contributed by atoms with Crippen LogP contribution in [-0.2, 0) is 16.1 Å². The zero-order valence-corrected chi connectivity index (χ0v) is 18.2. The van der Waals surface area contributed by atoms with Gasteiger partial charge in [0.2, 0.25) is 0 Å². The number of carbonyl (C=O) groups excluding carboxylic acids is 2. The van der Waals surface area contributed by atoms with Gasteiger partial charge in [0, 0.05) is 17.6 Å². The maximum absolute atomic E-state index is 12.8. The van der Waals surface area contributed by atoms with Crippen molar-refractivity contribution in [3.05, 3.63) is 70.1 Å². The van der Waals surface area contributed by atoms with Crippen LogP contribution in [0.2, 0.25) is 0 Å². The van der Waals surface area contributed by atoms with E-state index in [4.69, 9.17) is 4.74 Å². The molecular formula is C24H27N3O4. The van der Waals surface area contributed by atoms with Crippen LogP contribution in [0.5, 0.6) is 0 Å². The fraction of sp³-hybridized carbons (Fsp3) is 0.333. The van der Waals surface area contributed by atoms with Gasteiger partial charge in [0.1, 0.15) is 0 Å². The van der Waals surface area contributed by atoms with Crippen molar-refractivity contribution in [2.45, 2.75) is 52.7 Å². The lowest BCUT2D eigenvalue weighted by molar-refractivity contribution is -0.123. The van der Waals surface area contributed by atoms with Crippen LogP contribution >= 0.6 is 0 Å². The number of nitrogens with one attached hydrogen (secondary N) is 1. The Morgan fingerprint density at radius 3 is 2.35 bits per heavy atom. The Morgan fingerprint density at radius 1 is 1.03 bits per heavy atom. The van der Waals surface area contributed by atoms with Crippen LogP contribution in [0.25, 0.3) is 10.8 Å². The van der Waals surface area contributed by atoms with Gasteiger partial charge in [-0.1, -0.05) is 50.2 Å². The number of benzene rings is 2. The molecule has 1 N–H and O–H groups in total. The molecule has 3 aromatic rings.